The molecule has 96 valence electrons. The van der Waals surface area contributed by atoms with Gasteiger partial charge in [-0.15, -0.1) is 0 Å². The number of rotatable bonds is 1. The van der Waals surface area contributed by atoms with Gasteiger partial charge in [0.2, 0.25) is 0 Å². The van der Waals surface area contributed by atoms with Crippen LogP contribution < -0.4 is 10.3 Å². The van der Waals surface area contributed by atoms with Crippen LogP contribution in [-0.2, 0) is 0 Å². The van der Waals surface area contributed by atoms with Crippen LogP contribution in [-0.4, -0.2) is 16.5 Å². The number of methoxy groups -OCH3 is 1. The summed E-state index contributed by atoms with van der Waals surface area (Å²) in [4.78, 5) is 16.6. The topological polar surface area (TPSA) is 43.6 Å². The number of fused-ring (bicyclic) bond motifs is 3. The van der Waals surface area contributed by atoms with Crippen molar-refractivity contribution in [3.05, 3.63) is 52.1 Å². The third kappa shape index (κ3) is 1.76. The minimum Gasteiger partial charge on any atom is -0.497 e. The Morgan fingerprint density at radius 2 is 1.95 bits per heavy atom. The maximum absolute atomic E-state index is 12.1. The van der Waals surface area contributed by atoms with Gasteiger partial charge in [0.25, 0.3) is 5.56 Å². The van der Waals surface area contributed by atoms with Gasteiger partial charge in [-0.3, -0.25) is 9.20 Å². The molecule has 0 saturated carbocycles. The molecule has 0 aliphatic rings. The van der Waals surface area contributed by atoms with Crippen molar-refractivity contribution in [2.45, 2.75) is 13.8 Å². The molecular weight excluding hydrogens is 240 g/mol. The molecule has 0 aliphatic heterocycles. The fourth-order valence-corrected chi connectivity index (χ4v) is 2.39. The zero-order chi connectivity index (χ0) is 13.6. The van der Waals surface area contributed by atoms with Crippen molar-refractivity contribution < 1.29 is 4.74 Å². The molecule has 0 saturated heterocycles. The average Bonchev–Trinajstić information content (AvgIpc) is 2.37. The molecule has 0 atom stereocenters. The van der Waals surface area contributed by atoms with Crippen LogP contribution >= 0.6 is 0 Å². The number of hydrogen-bond donors (Lipinski definition) is 0. The number of hydrogen-bond acceptors (Lipinski definition) is 3. The standard InChI is InChI=1S/C15H14N2O2/c1-9-6-14(18)17-10(2)7-11-4-5-12(19-3)8-13(11)15(17)16-9/h4-8H,1-3H3. The van der Waals surface area contributed by atoms with Crippen LogP contribution in [0, 0.1) is 13.8 Å². The molecule has 1 aromatic carbocycles. The van der Waals surface area contributed by atoms with E-state index in [2.05, 4.69) is 4.98 Å². The monoisotopic (exact) mass is 254 g/mol. The Labute approximate surface area is 110 Å². The molecule has 0 fully saturated rings. The normalized spacial score (nSPS) is 11.1. The molecule has 0 aliphatic carbocycles. The highest BCUT2D eigenvalue weighted by Crippen LogP contribution is 2.24. The Kier molecular flexibility index (Phi) is 2.52. The largest absolute Gasteiger partial charge is 0.497 e. The Morgan fingerprint density at radius 1 is 1.16 bits per heavy atom. The van der Waals surface area contributed by atoms with E-state index < -0.39 is 0 Å². The van der Waals surface area contributed by atoms with E-state index in [0.29, 0.717) is 5.65 Å². The fourth-order valence-electron chi connectivity index (χ4n) is 2.39. The van der Waals surface area contributed by atoms with E-state index in [9.17, 15) is 4.79 Å². The number of aromatic nitrogens is 2. The zero-order valence-corrected chi connectivity index (χ0v) is 11.1. The summed E-state index contributed by atoms with van der Waals surface area (Å²) in [5.41, 5.74) is 2.23. The second-order valence-corrected chi connectivity index (χ2v) is 4.63. The first-order valence-electron chi connectivity index (χ1n) is 6.08. The molecule has 2 heterocycles. The minimum atomic E-state index is -0.0512. The Morgan fingerprint density at radius 3 is 2.68 bits per heavy atom. The van der Waals surface area contributed by atoms with Gasteiger partial charge < -0.3 is 4.74 Å². The molecule has 0 radical (unpaired) electrons. The first-order chi connectivity index (χ1) is 9.10. The fraction of sp³-hybridized carbons (Fsp3) is 0.200. The van der Waals surface area contributed by atoms with Gasteiger partial charge in [-0.1, -0.05) is 6.07 Å². The van der Waals surface area contributed by atoms with Gasteiger partial charge in [0.15, 0.2) is 0 Å². The van der Waals surface area contributed by atoms with E-state index in [1.165, 1.54) is 0 Å². The lowest BCUT2D eigenvalue weighted by molar-refractivity contribution is 0.415. The number of aryl methyl sites for hydroxylation is 2. The molecule has 3 rings (SSSR count). The summed E-state index contributed by atoms with van der Waals surface area (Å²) in [6, 6.07) is 9.34. The molecule has 0 unspecified atom stereocenters. The number of pyridine rings is 1. The highest BCUT2D eigenvalue weighted by atomic mass is 16.5. The van der Waals surface area contributed by atoms with Gasteiger partial charge in [-0.2, -0.15) is 0 Å². The summed E-state index contributed by atoms with van der Waals surface area (Å²) in [5.74, 6) is 0.758. The average molecular weight is 254 g/mol. The number of ether oxygens (including phenoxy) is 1. The summed E-state index contributed by atoms with van der Waals surface area (Å²) in [5, 5.41) is 1.97. The minimum absolute atomic E-state index is 0.0512. The Balaban J connectivity index is 2.59. The van der Waals surface area contributed by atoms with E-state index in [4.69, 9.17) is 4.74 Å². The first-order valence-corrected chi connectivity index (χ1v) is 6.08. The summed E-state index contributed by atoms with van der Waals surface area (Å²) < 4.78 is 6.88. The van der Waals surface area contributed by atoms with Crippen molar-refractivity contribution >= 4 is 16.4 Å². The smallest absolute Gasteiger partial charge is 0.258 e. The molecule has 4 heteroatoms. The van der Waals surface area contributed by atoms with E-state index in [1.54, 1.807) is 17.6 Å². The lowest BCUT2D eigenvalue weighted by Gasteiger charge is -2.10. The molecule has 2 aromatic heterocycles. The van der Waals surface area contributed by atoms with Crippen LogP contribution in [0.5, 0.6) is 5.75 Å². The van der Waals surface area contributed by atoms with Crippen molar-refractivity contribution in [1.29, 1.82) is 0 Å². The quantitative estimate of drug-likeness (QED) is 0.627. The number of nitrogens with zero attached hydrogens (tertiary/aromatic N) is 2. The van der Waals surface area contributed by atoms with E-state index in [-0.39, 0.29) is 5.56 Å². The predicted octanol–water partition coefficient (Wildman–Crippen LogP) is 2.47. The lowest BCUT2D eigenvalue weighted by Crippen LogP contribution is -2.17. The van der Waals surface area contributed by atoms with Crippen LogP contribution in [0.3, 0.4) is 0 Å². The highest BCUT2D eigenvalue weighted by molar-refractivity contribution is 5.95. The zero-order valence-electron chi connectivity index (χ0n) is 11.1. The molecule has 0 spiro atoms. The lowest BCUT2D eigenvalue weighted by atomic mass is 10.1. The maximum atomic E-state index is 12.1. The second-order valence-electron chi connectivity index (χ2n) is 4.63. The van der Waals surface area contributed by atoms with Crippen molar-refractivity contribution in [2.75, 3.05) is 7.11 Å². The van der Waals surface area contributed by atoms with E-state index >= 15 is 0 Å². The second kappa shape index (κ2) is 4.09. The Hall–Kier alpha value is -2.36. The van der Waals surface area contributed by atoms with Crippen LogP contribution in [0.1, 0.15) is 11.4 Å². The maximum Gasteiger partial charge on any atom is 0.258 e. The third-order valence-corrected chi connectivity index (χ3v) is 3.27. The van der Waals surface area contributed by atoms with Gasteiger partial charge in [0.05, 0.1) is 7.11 Å². The van der Waals surface area contributed by atoms with Gasteiger partial charge in [0.1, 0.15) is 11.4 Å². The van der Waals surface area contributed by atoms with Crippen LogP contribution in [0.2, 0.25) is 0 Å². The molecule has 0 amide bonds. The highest BCUT2D eigenvalue weighted by Gasteiger charge is 2.08. The van der Waals surface area contributed by atoms with E-state index in [0.717, 1.165) is 27.9 Å². The van der Waals surface area contributed by atoms with Gasteiger partial charge >= 0.3 is 0 Å². The predicted molar refractivity (Wildman–Crippen MR) is 75.0 cm³/mol. The molecule has 4 nitrogen and oxygen atoms in total. The third-order valence-electron chi connectivity index (χ3n) is 3.27. The molecule has 19 heavy (non-hydrogen) atoms. The molecule has 0 bridgehead atoms. The van der Waals surface area contributed by atoms with Crippen molar-refractivity contribution in [3.8, 4) is 5.75 Å². The molecule has 0 N–H and O–H groups in total. The first kappa shape index (κ1) is 11.7. The summed E-state index contributed by atoms with van der Waals surface area (Å²) in [6.45, 7) is 3.74. The van der Waals surface area contributed by atoms with Crippen LogP contribution in [0.4, 0.5) is 0 Å². The van der Waals surface area contributed by atoms with E-state index in [1.807, 2.05) is 38.1 Å². The summed E-state index contributed by atoms with van der Waals surface area (Å²) in [6.07, 6.45) is 0. The summed E-state index contributed by atoms with van der Waals surface area (Å²) in [7, 11) is 1.63. The van der Waals surface area contributed by atoms with Crippen molar-refractivity contribution in [2.24, 2.45) is 0 Å². The summed E-state index contributed by atoms with van der Waals surface area (Å²) >= 11 is 0. The molecule has 3 aromatic rings. The SMILES string of the molecule is COc1ccc2cc(C)n3c(=O)cc(C)nc3c2c1. The van der Waals surface area contributed by atoms with Crippen molar-refractivity contribution in [3.63, 3.8) is 0 Å². The van der Waals surface area contributed by atoms with Crippen LogP contribution in [0.15, 0.2) is 35.1 Å². The Bertz CT molecular complexity index is 850. The van der Waals surface area contributed by atoms with Gasteiger partial charge in [-0.25, -0.2) is 4.98 Å². The van der Waals surface area contributed by atoms with Crippen molar-refractivity contribution in [1.82, 2.24) is 9.38 Å². The van der Waals surface area contributed by atoms with Gasteiger partial charge in [0, 0.05) is 22.8 Å². The van der Waals surface area contributed by atoms with Crippen LogP contribution in [0.25, 0.3) is 16.4 Å². The molecular formula is C15H14N2O2. The number of benzene rings is 1. The van der Waals surface area contributed by atoms with Gasteiger partial charge in [-0.05, 0) is 37.4 Å².